The molecule has 2 amide bonds. The first-order valence-electron chi connectivity index (χ1n) is 10.8. The minimum absolute atomic E-state index is 0.0969. The average molecular weight is 465 g/mol. The molecule has 0 bridgehead atoms. The number of ketones is 2. The molecule has 1 aromatic heterocycles. The zero-order chi connectivity index (χ0) is 25.0. The molecule has 9 nitrogen and oxygen atoms in total. The Morgan fingerprint density at radius 2 is 1.68 bits per heavy atom. The number of benzene rings is 2. The van der Waals surface area contributed by atoms with Crippen molar-refractivity contribution in [2.45, 2.75) is 32.9 Å². The first-order valence-corrected chi connectivity index (χ1v) is 10.8. The van der Waals surface area contributed by atoms with Crippen LogP contribution in [0, 0.1) is 12.8 Å². The van der Waals surface area contributed by atoms with Crippen LogP contribution in [-0.4, -0.2) is 40.6 Å². The van der Waals surface area contributed by atoms with Crippen LogP contribution in [0.15, 0.2) is 48.5 Å². The Morgan fingerprint density at radius 1 is 1.00 bits per heavy atom. The number of hydrogen-bond acceptors (Lipinski definition) is 6. The number of carbonyl (C=O) groups is 4. The first kappa shape index (κ1) is 24.7. The van der Waals surface area contributed by atoms with Crippen molar-refractivity contribution < 1.29 is 23.9 Å². The first-order chi connectivity index (χ1) is 16.1. The van der Waals surface area contributed by atoms with Crippen molar-refractivity contribution in [2.75, 3.05) is 6.61 Å². The fourth-order valence-corrected chi connectivity index (χ4v) is 3.90. The van der Waals surface area contributed by atoms with Gasteiger partial charge in [0.15, 0.2) is 5.78 Å². The van der Waals surface area contributed by atoms with E-state index in [0.29, 0.717) is 23.1 Å². The minimum Gasteiger partial charge on any atom is -0.485 e. The number of hydrogen-bond donors (Lipinski definition) is 3. The standard InChI is InChI=1S/C25H28N4O5/c1-14(11-17(26)24(27)32)19(30)13-34-20-10-6-9-18-22(20)21(23(31)25(28)33)15(2)29(18)12-16-7-4-3-5-8-16/h3-10,14,17H,11-13,26H2,1-2H3,(H2,27,32)(H2,28,33)/t14?,17-/m0/s1. The van der Waals surface area contributed by atoms with E-state index in [1.807, 2.05) is 41.0 Å². The van der Waals surface area contributed by atoms with Gasteiger partial charge in [-0.05, 0) is 31.0 Å². The quantitative estimate of drug-likeness (QED) is 0.287. The normalized spacial score (nSPS) is 12.8. The van der Waals surface area contributed by atoms with E-state index in [4.69, 9.17) is 21.9 Å². The zero-order valence-corrected chi connectivity index (χ0v) is 19.1. The van der Waals surface area contributed by atoms with Crippen LogP contribution in [0.1, 0.15) is 35.0 Å². The Bertz CT molecular complexity index is 1250. The number of primary amides is 2. The molecular formula is C25H28N4O5. The molecule has 2 aromatic carbocycles. The van der Waals surface area contributed by atoms with Gasteiger partial charge in [-0.2, -0.15) is 0 Å². The highest BCUT2D eigenvalue weighted by Crippen LogP contribution is 2.34. The van der Waals surface area contributed by atoms with Crippen LogP contribution in [-0.2, 0) is 20.9 Å². The highest BCUT2D eigenvalue weighted by molar-refractivity contribution is 6.45. The molecule has 0 spiro atoms. The fourth-order valence-electron chi connectivity index (χ4n) is 3.90. The maximum atomic E-state index is 12.8. The number of carbonyl (C=O) groups excluding carboxylic acids is 4. The summed E-state index contributed by atoms with van der Waals surface area (Å²) in [5.74, 6) is -3.17. The van der Waals surface area contributed by atoms with Gasteiger partial charge in [0.05, 0.1) is 22.5 Å². The molecule has 2 atom stereocenters. The van der Waals surface area contributed by atoms with Crippen molar-refractivity contribution in [2.24, 2.45) is 23.1 Å². The van der Waals surface area contributed by atoms with E-state index in [0.717, 1.165) is 5.56 Å². The van der Waals surface area contributed by atoms with Crippen LogP contribution in [0.2, 0.25) is 0 Å². The highest BCUT2D eigenvalue weighted by Gasteiger charge is 2.27. The van der Waals surface area contributed by atoms with Gasteiger partial charge in [0.25, 0.3) is 11.7 Å². The topological polar surface area (TPSA) is 160 Å². The van der Waals surface area contributed by atoms with Gasteiger partial charge >= 0.3 is 0 Å². The molecule has 3 rings (SSSR count). The summed E-state index contributed by atoms with van der Waals surface area (Å²) in [6.45, 7) is 3.53. The number of nitrogens with zero attached hydrogens (tertiary/aromatic N) is 1. The fraction of sp³-hybridized carbons (Fsp3) is 0.280. The van der Waals surface area contributed by atoms with Crippen molar-refractivity contribution in [3.05, 3.63) is 65.4 Å². The summed E-state index contributed by atoms with van der Waals surface area (Å²) in [6.07, 6.45) is 0.0969. The lowest BCUT2D eigenvalue weighted by molar-refractivity contribution is -0.125. The number of amides is 2. The van der Waals surface area contributed by atoms with Gasteiger partial charge in [-0.3, -0.25) is 19.2 Å². The third kappa shape index (κ3) is 5.15. The van der Waals surface area contributed by atoms with Crippen molar-refractivity contribution >= 4 is 34.3 Å². The van der Waals surface area contributed by atoms with Gasteiger partial charge in [0, 0.05) is 18.2 Å². The van der Waals surface area contributed by atoms with E-state index in [1.54, 1.807) is 26.0 Å². The number of aromatic nitrogens is 1. The van der Waals surface area contributed by atoms with E-state index in [-0.39, 0.29) is 30.1 Å². The summed E-state index contributed by atoms with van der Waals surface area (Å²) in [6, 6.07) is 13.9. The molecule has 0 aliphatic rings. The number of rotatable bonds is 11. The second-order valence-electron chi connectivity index (χ2n) is 8.28. The van der Waals surface area contributed by atoms with E-state index in [1.165, 1.54) is 0 Å². The number of fused-ring (bicyclic) bond motifs is 1. The number of ether oxygens (including phenoxy) is 1. The molecule has 6 N–H and O–H groups in total. The smallest absolute Gasteiger partial charge is 0.289 e. The van der Waals surface area contributed by atoms with Gasteiger partial charge in [-0.1, -0.05) is 43.3 Å². The molecule has 3 aromatic rings. The van der Waals surface area contributed by atoms with Gasteiger partial charge in [0.2, 0.25) is 5.91 Å². The van der Waals surface area contributed by atoms with Crippen molar-refractivity contribution in [3.8, 4) is 5.75 Å². The van der Waals surface area contributed by atoms with Gasteiger partial charge in [-0.15, -0.1) is 0 Å². The van der Waals surface area contributed by atoms with Crippen LogP contribution in [0.5, 0.6) is 5.75 Å². The molecule has 34 heavy (non-hydrogen) atoms. The maximum Gasteiger partial charge on any atom is 0.289 e. The molecule has 0 fully saturated rings. The molecular weight excluding hydrogens is 436 g/mol. The summed E-state index contributed by atoms with van der Waals surface area (Å²) >= 11 is 0. The van der Waals surface area contributed by atoms with Crippen molar-refractivity contribution in [3.63, 3.8) is 0 Å². The van der Waals surface area contributed by atoms with Gasteiger partial charge in [-0.25, -0.2) is 0 Å². The lowest BCUT2D eigenvalue weighted by Gasteiger charge is -2.15. The van der Waals surface area contributed by atoms with Crippen LogP contribution in [0.3, 0.4) is 0 Å². The number of nitrogens with two attached hydrogens (primary N) is 3. The average Bonchev–Trinajstić information content (AvgIpc) is 3.09. The second-order valence-corrected chi connectivity index (χ2v) is 8.28. The molecule has 9 heteroatoms. The summed E-state index contributed by atoms with van der Waals surface area (Å²) in [5, 5.41) is 0.411. The molecule has 1 unspecified atom stereocenters. The Labute approximate surface area is 196 Å². The SMILES string of the molecule is Cc1c(C(=O)C(N)=O)c2c(OCC(=O)C(C)C[C@H](N)C(N)=O)cccc2n1Cc1ccccc1. The van der Waals surface area contributed by atoms with E-state index in [9.17, 15) is 19.2 Å². The summed E-state index contributed by atoms with van der Waals surface area (Å²) < 4.78 is 7.72. The summed E-state index contributed by atoms with van der Waals surface area (Å²) in [5.41, 5.74) is 18.5. The molecule has 0 aliphatic heterocycles. The van der Waals surface area contributed by atoms with Crippen LogP contribution in [0.4, 0.5) is 0 Å². The van der Waals surface area contributed by atoms with Crippen LogP contribution in [0.25, 0.3) is 10.9 Å². The largest absolute Gasteiger partial charge is 0.485 e. The predicted octanol–water partition coefficient (Wildman–Crippen LogP) is 1.45. The molecule has 0 radical (unpaired) electrons. The Hall–Kier alpha value is -3.98. The van der Waals surface area contributed by atoms with Gasteiger partial charge < -0.3 is 26.5 Å². The monoisotopic (exact) mass is 464 g/mol. The lowest BCUT2D eigenvalue weighted by Crippen LogP contribution is -2.39. The van der Waals surface area contributed by atoms with E-state index in [2.05, 4.69) is 0 Å². The Kier molecular flexibility index (Phi) is 7.47. The van der Waals surface area contributed by atoms with Crippen LogP contribution < -0.4 is 21.9 Å². The van der Waals surface area contributed by atoms with Crippen molar-refractivity contribution in [1.29, 1.82) is 0 Å². The summed E-state index contributed by atoms with van der Waals surface area (Å²) in [7, 11) is 0. The van der Waals surface area contributed by atoms with E-state index >= 15 is 0 Å². The third-order valence-corrected chi connectivity index (χ3v) is 5.84. The minimum atomic E-state index is -1.08. The molecule has 178 valence electrons. The second kappa shape index (κ2) is 10.3. The summed E-state index contributed by atoms with van der Waals surface area (Å²) in [4.78, 5) is 48.3. The van der Waals surface area contributed by atoms with Gasteiger partial charge in [0.1, 0.15) is 12.4 Å². The Morgan fingerprint density at radius 3 is 2.29 bits per heavy atom. The van der Waals surface area contributed by atoms with Crippen molar-refractivity contribution in [1.82, 2.24) is 4.57 Å². The molecule has 0 aliphatic carbocycles. The maximum absolute atomic E-state index is 12.8. The molecule has 1 heterocycles. The predicted molar refractivity (Wildman–Crippen MR) is 127 cm³/mol. The molecule has 0 saturated carbocycles. The highest BCUT2D eigenvalue weighted by atomic mass is 16.5. The molecule has 0 saturated heterocycles. The van der Waals surface area contributed by atoms with E-state index < -0.39 is 29.6 Å². The lowest BCUT2D eigenvalue weighted by atomic mass is 9.98. The zero-order valence-electron chi connectivity index (χ0n) is 19.1. The third-order valence-electron chi connectivity index (χ3n) is 5.84. The number of Topliss-reactive ketones (excluding diaryl/α,β-unsaturated/α-hetero) is 2. The van der Waals surface area contributed by atoms with Crippen LogP contribution >= 0.6 is 0 Å². The Balaban J connectivity index is 1.99.